The molecule has 0 fully saturated rings. The minimum Gasteiger partial charge on any atom is -0.322 e. The largest absolute Gasteiger partial charge is 0.322 e. The van der Waals surface area contributed by atoms with Crippen molar-refractivity contribution in [1.82, 2.24) is 21.3 Å². The third kappa shape index (κ3) is 3.87. The Balaban J connectivity index is 4.35. The van der Waals surface area contributed by atoms with Crippen LogP contribution in [0.3, 0.4) is 0 Å². The topological polar surface area (TPSA) is 65.2 Å². The number of rotatable bonds is 7. The fourth-order valence-electron chi connectivity index (χ4n) is 1.14. The Morgan fingerprint density at radius 2 is 1.93 bits per heavy atom. The fraction of sp³-hybridized carbons (Fsp3) is 0.667. The second-order valence-electron chi connectivity index (χ2n) is 2.95. The first-order valence-corrected chi connectivity index (χ1v) is 4.61. The molecule has 0 bridgehead atoms. The number of amides is 1. The summed E-state index contributed by atoms with van der Waals surface area (Å²) in [6.45, 7) is 4.20. The molecular weight excluding hydrogens is 180 g/mol. The molecule has 5 nitrogen and oxygen atoms in total. The van der Waals surface area contributed by atoms with Crippen molar-refractivity contribution in [3.63, 3.8) is 0 Å². The van der Waals surface area contributed by atoms with Gasteiger partial charge in [0.05, 0.1) is 0 Å². The van der Waals surface area contributed by atoms with Gasteiger partial charge in [0.2, 0.25) is 5.91 Å². The van der Waals surface area contributed by atoms with Gasteiger partial charge in [0.25, 0.3) is 0 Å². The summed E-state index contributed by atoms with van der Waals surface area (Å²) in [5.41, 5.74) is 0. The molecule has 0 unspecified atom stereocenters. The van der Waals surface area contributed by atoms with Crippen molar-refractivity contribution >= 4 is 5.91 Å². The molecule has 0 aliphatic carbocycles. The van der Waals surface area contributed by atoms with Crippen LogP contribution in [-0.4, -0.2) is 39.4 Å². The van der Waals surface area contributed by atoms with Crippen LogP contribution in [0.25, 0.3) is 0 Å². The molecule has 0 saturated carbocycles. The predicted octanol–water partition coefficient (Wildman–Crippen LogP) is -1.01. The van der Waals surface area contributed by atoms with E-state index in [0.717, 1.165) is 13.0 Å². The van der Waals surface area contributed by atoms with Crippen LogP contribution in [0.15, 0.2) is 12.7 Å². The normalized spacial score (nSPS) is 11.1. The highest BCUT2D eigenvalue weighted by molar-refractivity contribution is 5.87. The van der Waals surface area contributed by atoms with Crippen LogP contribution in [0.4, 0.5) is 0 Å². The van der Waals surface area contributed by atoms with Gasteiger partial charge >= 0.3 is 0 Å². The van der Waals surface area contributed by atoms with E-state index in [2.05, 4.69) is 27.8 Å². The molecule has 0 spiro atoms. The first-order chi connectivity index (χ1) is 6.64. The minimum absolute atomic E-state index is 0.204. The standard InChI is InChI=1S/C9H20N4O/c1-5-8(14)13-9(11-3,12-4)6-7-10-2/h5,10-12H,1,6-7H2,2-4H3,(H,13,14). The zero-order chi connectivity index (χ0) is 11.0. The van der Waals surface area contributed by atoms with Crippen molar-refractivity contribution in [2.24, 2.45) is 0 Å². The molecular formula is C9H20N4O. The fourth-order valence-corrected chi connectivity index (χ4v) is 1.14. The molecule has 0 radical (unpaired) electrons. The van der Waals surface area contributed by atoms with Gasteiger partial charge in [0, 0.05) is 6.42 Å². The summed E-state index contributed by atoms with van der Waals surface area (Å²) in [7, 11) is 5.44. The number of hydrogen-bond acceptors (Lipinski definition) is 4. The summed E-state index contributed by atoms with van der Waals surface area (Å²) >= 11 is 0. The van der Waals surface area contributed by atoms with E-state index in [1.165, 1.54) is 6.08 Å². The average molecular weight is 200 g/mol. The molecule has 0 atom stereocenters. The highest BCUT2D eigenvalue weighted by Gasteiger charge is 2.26. The third-order valence-electron chi connectivity index (χ3n) is 2.13. The highest BCUT2D eigenvalue weighted by Crippen LogP contribution is 1.99. The Hall–Kier alpha value is -0.910. The lowest BCUT2D eigenvalue weighted by molar-refractivity contribution is -0.119. The zero-order valence-corrected chi connectivity index (χ0v) is 9.11. The number of hydrogen-bond donors (Lipinski definition) is 4. The van der Waals surface area contributed by atoms with E-state index >= 15 is 0 Å². The van der Waals surface area contributed by atoms with Crippen molar-refractivity contribution in [3.05, 3.63) is 12.7 Å². The number of carbonyl (C=O) groups is 1. The van der Waals surface area contributed by atoms with Crippen LogP contribution in [0.5, 0.6) is 0 Å². The van der Waals surface area contributed by atoms with Crippen molar-refractivity contribution in [3.8, 4) is 0 Å². The maximum absolute atomic E-state index is 11.2. The van der Waals surface area contributed by atoms with Gasteiger partial charge in [-0.2, -0.15) is 0 Å². The van der Waals surface area contributed by atoms with E-state index in [-0.39, 0.29) is 5.91 Å². The molecule has 0 aromatic rings. The minimum atomic E-state index is -0.575. The van der Waals surface area contributed by atoms with Crippen LogP contribution in [0.2, 0.25) is 0 Å². The number of nitrogens with one attached hydrogen (secondary N) is 4. The van der Waals surface area contributed by atoms with Crippen LogP contribution >= 0.6 is 0 Å². The number of carbonyl (C=O) groups excluding carboxylic acids is 1. The lowest BCUT2D eigenvalue weighted by Gasteiger charge is -2.33. The monoisotopic (exact) mass is 200 g/mol. The van der Waals surface area contributed by atoms with E-state index in [9.17, 15) is 4.79 Å². The molecule has 5 heteroatoms. The van der Waals surface area contributed by atoms with E-state index in [4.69, 9.17) is 0 Å². The first-order valence-electron chi connectivity index (χ1n) is 4.61. The van der Waals surface area contributed by atoms with Crippen LogP contribution in [-0.2, 0) is 4.79 Å². The Morgan fingerprint density at radius 1 is 1.36 bits per heavy atom. The van der Waals surface area contributed by atoms with Gasteiger partial charge in [-0.15, -0.1) is 0 Å². The summed E-state index contributed by atoms with van der Waals surface area (Å²) < 4.78 is 0. The molecule has 0 aliphatic heterocycles. The van der Waals surface area contributed by atoms with Crippen molar-refractivity contribution in [2.45, 2.75) is 12.2 Å². The van der Waals surface area contributed by atoms with E-state index in [1.807, 2.05) is 7.05 Å². The molecule has 82 valence electrons. The van der Waals surface area contributed by atoms with Crippen molar-refractivity contribution in [2.75, 3.05) is 27.7 Å². The molecule has 0 aromatic heterocycles. The van der Waals surface area contributed by atoms with E-state index in [0.29, 0.717) is 0 Å². The van der Waals surface area contributed by atoms with Crippen molar-refractivity contribution < 1.29 is 4.79 Å². The summed E-state index contributed by atoms with van der Waals surface area (Å²) in [5.74, 6) is -0.779. The Bertz CT molecular complexity index is 189. The molecule has 0 heterocycles. The molecule has 0 aromatic carbocycles. The van der Waals surface area contributed by atoms with E-state index < -0.39 is 5.79 Å². The SMILES string of the molecule is C=CC(=O)NC(CCNC)(NC)NC. The zero-order valence-electron chi connectivity index (χ0n) is 9.11. The van der Waals surface area contributed by atoms with Crippen LogP contribution in [0.1, 0.15) is 6.42 Å². The lowest BCUT2D eigenvalue weighted by atomic mass is 10.2. The van der Waals surface area contributed by atoms with Gasteiger partial charge in [0.1, 0.15) is 5.79 Å². The summed E-state index contributed by atoms with van der Waals surface area (Å²) in [6.07, 6.45) is 1.99. The second-order valence-corrected chi connectivity index (χ2v) is 2.95. The lowest BCUT2D eigenvalue weighted by Crippen LogP contribution is -2.66. The van der Waals surface area contributed by atoms with Gasteiger partial charge in [-0.3, -0.25) is 15.4 Å². The molecule has 1 amide bonds. The Kier molecular flexibility index (Phi) is 6.11. The second kappa shape index (κ2) is 6.53. The smallest absolute Gasteiger partial charge is 0.245 e. The van der Waals surface area contributed by atoms with Gasteiger partial charge in [-0.1, -0.05) is 6.58 Å². The Labute approximate surface area is 85.3 Å². The first kappa shape index (κ1) is 13.1. The van der Waals surface area contributed by atoms with Gasteiger partial charge in [0.15, 0.2) is 0 Å². The van der Waals surface area contributed by atoms with Crippen molar-refractivity contribution in [1.29, 1.82) is 0 Å². The molecule has 4 N–H and O–H groups in total. The quantitative estimate of drug-likeness (QED) is 0.314. The molecule has 0 rings (SSSR count). The summed E-state index contributed by atoms with van der Waals surface area (Å²) in [6, 6.07) is 0. The third-order valence-corrected chi connectivity index (χ3v) is 2.13. The van der Waals surface area contributed by atoms with Gasteiger partial charge in [-0.05, 0) is 33.8 Å². The molecule has 0 saturated heterocycles. The summed E-state index contributed by atoms with van der Waals surface area (Å²) in [4.78, 5) is 11.2. The summed E-state index contributed by atoms with van der Waals surface area (Å²) in [5, 5.41) is 11.9. The van der Waals surface area contributed by atoms with Crippen LogP contribution in [0, 0.1) is 0 Å². The maximum atomic E-state index is 11.2. The molecule has 14 heavy (non-hydrogen) atoms. The van der Waals surface area contributed by atoms with E-state index in [1.54, 1.807) is 14.1 Å². The highest BCUT2D eigenvalue weighted by atomic mass is 16.1. The van der Waals surface area contributed by atoms with Gasteiger partial charge in [-0.25, -0.2) is 0 Å². The Morgan fingerprint density at radius 3 is 2.29 bits per heavy atom. The average Bonchev–Trinajstić information content (AvgIpc) is 2.24. The van der Waals surface area contributed by atoms with Crippen LogP contribution < -0.4 is 21.3 Å². The molecule has 0 aliphatic rings. The van der Waals surface area contributed by atoms with Gasteiger partial charge < -0.3 is 10.6 Å². The predicted molar refractivity (Wildman–Crippen MR) is 57.7 cm³/mol. The maximum Gasteiger partial charge on any atom is 0.245 e.